The zero-order valence-electron chi connectivity index (χ0n) is 10.4. The van der Waals surface area contributed by atoms with Crippen LogP contribution in [0, 0.1) is 0 Å². The van der Waals surface area contributed by atoms with Gasteiger partial charge in [-0.3, -0.25) is 0 Å². The molecular formula is C13H14N2O3S. The second-order valence-corrected chi connectivity index (χ2v) is 4.87. The van der Waals surface area contributed by atoms with Gasteiger partial charge in [0.1, 0.15) is 0 Å². The van der Waals surface area contributed by atoms with Crippen molar-refractivity contribution < 1.29 is 14.3 Å². The lowest BCUT2D eigenvalue weighted by Crippen LogP contribution is -2.30. The van der Waals surface area contributed by atoms with Crippen LogP contribution in [0.1, 0.15) is 0 Å². The Balaban J connectivity index is 2.00. The maximum atomic E-state index is 11.8. The fourth-order valence-corrected chi connectivity index (χ4v) is 2.72. The third-order valence-electron chi connectivity index (χ3n) is 2.58. The van der Waals surface area contributed by atoms with Crippen molar-refractivity contribution in [1.29, 1.82) is 0 Å². The van der Waals surface area contributed by atoms with Gasteiger partial charge in [-0.05, 0) is 12.1 Å². The maximum Gasteiger partial charge on any atom is 0.336 e. The van der Waals surface area contributed by atoms with Crippen molar-refractivity contribution in [3.05, 3.63) is 41.6 Å². The first-order chi connectivity index (χ1) is 9.20. The highest BCUT2D eigenvalue weighted by molar-refractivity contribution is 8.00. The first-order valence-corrected chi connectivity index (χ1v) is 6.87. The Kier molecular flexibility index (Phi) is 4.46. The molecule has 0 aromatic heterocycles. The van der Waals surface area contributed by atoms with Crippen molar-refractivity contribution in [3.63, 3.8) is 0 Å². The summed E-state index contributed by atoms with van der Waals surface area (Å²) in [4.78, 5) is 23.3. The standard InChI is InChI=1S/C13H14N2O3S/c1-18-12(16)10-7-19-8-11(10)15-13(17)14-9-5-3-2-4-6-9/h2-6H,7-8H2,1H3,(H2,14,15,17). The van der Waals surface area contributed by atoms with Gasteiger partial charge in [0.2, 0.25) is 0 Å². The molecule has 0 saturated carbocycles. The van der Waals surface area contributed by atoms with Gasteiger partial charge >= 0.3 is 12.0 Å². The molecule has 5 nitrogen and oxygen atoms in total. The van der Waals surface area contributed by atoms with E-state index in [9.17, 15) is 9.59 Å². The summed E-state index contributed by atoms with van der Waals surface area (Å²) in [6.45, 7) is 0. The molecule has 1 aromatic rings. The van der Waals surface area contributed by atoms with E-state index in [2.05, 4.69) is 15.4 Å². The molecule has 2 N–H and O–H groups in total. The molecule has 2 amide bonds. The molecular weight excluding hydrogens is 264 g/mol. The number of ether oxygens (including phenoxy) is 1. The van der Waals surface area contributed by atoms with Gasteiger partial charge in [0.15, 0.2) is 0 Å². The highest BCUT2D eigenvalue weighted by atomic mass is 32.2. The molecule has 2 rings (SSSR count). The predicted molar refractivity (Wildman–Crippen MR) is 75.0 cm³/mol. The number of carbonyl (C=O) groups is 2. The van der Waals surface area contributed by atoms with E-state index in [1.165, 1.54) is 7.11 Å². The molecule has 0 atom stereocenters. The number of nitrogens with one attached hydrogen (secondary N) is 2. The van der Waals surface area contributed by atoms with Crippen LogP contribution in [0.5, 0.6) is 0 Å². The molecule has 6 heteroatoms. The molecule has 1 aliphatic heterocycles. The summed E-state index contributed by atoms with van der Waals surface area (Å²) in [6, 6.07) is 8.76. The fraction of sp³-hybridized carbons (Fsp3) is 0.231. The smallest absolute Gasteiger partial charge is 0.336 e. The van der Waals surface area contributed by atoms with Crippen LogP contribution in [0.25, 0.3) is 0 Å². The lowest BCUT2D eigenvalue weighted by Gasteiger charge is -2.09. The zero-order valence-corrected chi connectivity index (χ0v) is 11.3. The average molecular weight is 278 g/mol. The molecule has 0 radical (unpaired) electrons. The third kappa shape index (κ3) is 3.51. The van der Waals surface area contributed by atoms with Crippen LogP contribution in [0.15, 0.2) is 41.6 Å². The van der Waals surface area contributed by atoms with E-state index in [1.807, 2.05) is 18.2 Å². The second-order valence-electron chi connectivity index (χ2n) is 3.89. The van der Waals surface area contributed by atoms with Crippen molar-refractivity contribution in [2.75, 3.05) is 23.9 Å². The quantitative estimate of drug-likeness (QED) is 0.830. The van der Waals surface area contributed by atoms with Crippen LogP contribution >= 0.6 is 11.8 Å². The van der Waals surface area contributed by atoms with Crippen LogP contribution in [0.4, 0.5) is 10.5 Å². The highest BCUT2D eigenvalue weighted by Crippen LogP contribution is 2.23. The SMILES string of the molecule is COC(=O)C1=C(NC(=O)Nc2ccccc2)CSC1. The van der Waals surface area contributed by atoms with Gasteiger partial charge in [0, 0.05) is 22.9 Å². The van der Waals surface area contributed by atoms with E-state index in [-0.39, 0.29) is 12.0 Å². The van der Waals surface area contributed by atoms with Gasteiger partial charge in [0.05, 0.1) is 12.7 Å². The number of methoxy groups -OCH3 is 1. The van der Waals surface area contributed by atoms with Crippen LogP contribution in [0.3, 0.4) is 0 Å². The number of carbonyl (C=O) groups excluding carboxylic acids is 2. The van der Waals surface area contributed by atoms with Crippen molar-refractivity contribution >= 4 is 29.4 Å². The Hall–Kier alpha value is -1.95. The van der Waals surface area contributed by atoms with Gasteiger partial charge in [-0.1, -0.05) is 18.2 Å². The monoisotopic (exact) mass is 278 g/mol. The summed E-state index contributed by atoms with van der Waals surface area (Å²) >= 11 is 1.56. The van der Waals surface area contributed by atoms with Gasteiger partial charge in [-0.2, -0.15) is 11.8 Å². The molecule has 0 saturated heterocycles. The van der Waals surface area contributed by atoms with Crippen LogP contribution in [-0.4, -0.2) is 30.6 Å². The molecule has 0 aliphatic carbocycles. The number of para-hydroxylation sites is 1. The third-order valence-corrected chi connectivity index (χ3v) is 3.57. The Morgan fingerprint density at radius 2 is 1.89 bits per heavy atom. The number of hydrogen-bond donors (Lipinski definition) is 2. The first kappa shape index (κ1) is 13.5. The Morgan fingerprint density at radius 1 is 1.16 bits per heavy atom. The molecule has 1 heterocycles. The minimum Gasteiger partial charge on any atom is -0.466 e. The van der Waals surface area contributed by atoms with Crippen LogP contribution in [-0.2, 0) is 9.53 Å². The summed E-state index contributed by atoms with van der Waals surface area (Å²) in [5.41, 5.74) is 1.84. The minimum absolute atomic E-state index is 0.356. The number of thioether (sulfide) groups is 1. The number of rotatable bonds is 3. The summed E-state index contributed by atoms with van der Waals surface area (Å²) in [6.07, 6.45) is 0. The topological polar surface area (TPSA) is 67.4 Å². The predicted octanol–water partition coefficient (Wildman–Crippen LogP) is 1.98. The summed E-state index contributed by atoms with van der Waals surface area (Å²) in [7, 11) is 1.33. The normalized spacial score (nSPS) is 14.2. The maximum absolute atomic E-state index is 11.8. The minimum atomic E-state index is -0.389. The van der Waals surface area contributed by atoms with Gasteiger partial charge in [0.25, 0.3) is 0 Å². The van der Waals surface area contributed by atoms with Crippen molar-refractivity contribution in [1.82, 2.24) is 5.32 Å². The van der Waals surface area contributed by atoms with Crippen molar-refractivity contribution in [3.8, 4) is 0 Å². The fourth-order valence-electron chi connectivity index (χ4n) is 1.67. The number of anilines is 1. The van der Waals surface area contributed by atoms with Gasteiger partial charge in [-0.25, -0.2) is 9.59 Å². The second kappa shape index (κ2) is 6.29. The number of esters is 1. The lowest BCUT2D eigenvalue weighted by atomic mass is 10.2. The molecule has 0 bridgehead atoms. The number of amides is 2. The molecule has 0 unspecified atom stereocenters. The number of benzene rings is 1. The summed E-state index contributed by atoms with van der Waals surface area (Å²) in [5, 5.41) is 5.40. The Bertz CT molecular complexity index is 514. The Morgan fingerprint density at radius 3 is 2.58 bits per heavy atom. The number of urea groups is 1. The van der Waals surface area contributed by atoms with Crippen LogP contribution < -0.4 is 10.6 Å². The average Bonchev–Trinajstić information content (AvgIpc) is 2.87. The van der Waals surface area contributed by atoms with E-state index in [0.29, 0.717) is 28.5 Å². The first-order valence-electron chi connectivity index (χ1n) is 5.72. The van der Waals surface area contributed by atoms with E-state index in [1.54, 1.807) is 23.9 Å². The van der Waals surface area contributed by atoms with E-state index < -0.39 is 0 Å². The van der Waals surface area contributed by atoms with Crippen molar-refractivity contribution in [2.45, 2.75) is 0 Å². The van der Waals surface area contributed by atoms with Gasteiger partial charge < -0.3 is 15.4 Å². The largest absolute Gasteiger partial charge is 0.466 e. The van der Waals surface area contributed by atoms with Crippen LogP contribution in [0.2, 0.25) is 0 Å². The van der Waals surface area contributed by atoms with E-state index in [0.717, 1.165) is 0 Å². The molecule has 1 aromatic carbocycles. The van der Waals surface area contributed by atoms with E-state index in [4.69, 9.17) is 0 Å². The molecule has 1 aliphatic rings. The zero-order chi connectivity index (χ0) is 13.7. The number of hydrogen-bond acceptors (Lipinski definition) is 4. The molecule has 19 heavy (non-hydrogen) atoms. The molecule has 100 valence electrons. The summed E-state index contributed by atoms with van der Waals surface area (Å²) < 4.78 is 4.68. The summed E-state index contributed by atoms with van der Waals surface area (Å²) in [5.74, 6) is 0.778. The molecule has 0 spiro atoms. The van der Waals surface area contributed by atoms with Gasteiger partial charge in [-0.15, -0.1) is 0 Å². The van der Waals surface area contributed by atoms with E-state index >= 15 is 0 Å². The van der Waals surface area contributed by atoms with Crippen molar-refractivity contribution in [2.24, 2.45) is 0 Å². The Labute approximate surface area is 115 Å². The lowest BCUT2D eigenvalue weighted by molar-refractivity contribution is -0.136. The molecule has 0 fully saturated rings. The highest BCUT2D eigenvalue weighted by Gasteiger charge is 2.23.